The van der Waals surface area contributed by atoms with Crippen LogP contribution in [0.1, 0.15) is 36.3 Å². The van der Waals surface area contributed by atoms with Crippen molar-refractivity contribution >= 4 is 0 Å². The molecule has 0 saturated carbocycles. The number of nitrogens with zero attached hydrogens (tertiary/aromatic N) is 1. The van der Waals surface area contributed by atoms with Gasteiger partial charge in [0.1, 0.15) is 18.5 Å². The van der Waals surface area contributed by atoms with Gasteiger partial charge in [0.25, 0.3) is 0 Å². The SMILES string of the molecule is CC(F)COc1cnc(C(F)(F)F)c2c1CC[C@H]2O. The van der Waals surface area contributed by atoms with E-state index in [9.17, 15) is 22.7 Å². The minimum Gasteiger partial charge on any atom is -0.489 e. The number of hydrogen-bond acceptors (Lipinski definition) is 3. The third-order valence-electron chi connectivity index (χ3n) is 2.93. The number of ether oxygens (including phenoxy) is 1. The van der Waals surface area contributed by atoms with Crippen molar-refractivity contribution < 1.29 is 27.4 Å². The predicted octanol–water partition coefficient (Wildman–Crippen LogP) is 2.82. The molecular formula is C12H13F4NO2. The molecule has 1 heterocycles. The summed E-state index contributed by atoms with van der Waals surface area (Å²) in [7, 11) is 0. The van der Waals surface area contributed by atoms with E-state index in [1.165, 1.54) is 6.92 Å². The Balaban J connectivity index is 2.41. The molecule has 1 aromatic rings. The van der Waals surface area contributed by atoms with Gasteiger partial charge >= 0.3 is 6.18 Å². The highest BCUT2D eigenvalue weighted by Gasteiger charge is 2.41. The van der Waals surface area contributed by atoms with Gasteiger partial charge in [0.15, 0.2) is 5.69 Å². The van der Waals surface area contributed by atoms with Crippen LogP contribution in [0.4, 0.5) is 17.6 Å². The van der Waals surface area contributed by atoms with Gasteiger partial charge < -0.3 is 9.84 Å². The molecule has 1 aliphatic carbocycles. The third kappa shape index (κ3) is 2.80. The van der Waals surface area contributed by atoms with Gasteiger partial charge in [-0.15, -0.1) is 0 Å². The zero-order valence-corrected chi connectivity index (χ0v) is 10.2. The Morgan fingerprint density at radius 2 is 2.21 bits per heavy atom. The number of alkyl halides is 4. The normalized spacial score (nSPS) is 20.2. The third-order valence-corrected chi connectivity index (χ3v) is 2.93. The summed E-state index contributed by atoms with van der Waals surface area (Å²) in [5.41, 5.74) is -1.06. The zero-order chi connectivity index (χ0) is 14.2. The van der Waals surface area contributed by atoms with Crippen LogP contribution in [-0.4, -0.2) is 22.9 Å². The molecule has 0 aromatic carbocycles. The van der Waals surface area contributed by atoms with Crippen LogP contribution in [-0.2, 0) is 12.6 Å². The first-order valence-electron chi connectivity index (χ1n) is 5.84. The molecule has 2 atom stereocenters. The first-order valence-corrected chi connectivity index (χ1v) is 5.84. The Labute approximate surface area is 107 Å². The Morgan fingerprint density at radius 3 is 2.79 bits per heavy atom. The van der Waals surface area contributed by atoms with Gasteiger partial charge in [0.05, 0.1) is 12.3 Å². The largest absolute Gasteiger partial charge is 0.489 e. The first kappa shape index (κ1) is 14.0. The van der Waals surface area contributed by atoms with E-state index in [4.69, 9.17) is 4.74 Å². The van der Waals surface area contributed by atoms with E-state index in [-0.39, 0.29) is 36.3 Å². The van der Waals surface area contributed by atoms with E-state index in [1.807, 2.05) is 0 Å². The first-order chi connectivity index (χ1) is 8.80. The van der Waals surface area contributed by atoms with Crippen molar-refractivity contribution in [3.63, 3.8) is 0 Å². The summed E-state index contributed by atoms with van der Waals surface area (Å²) >= 11 is 0. The van der Waals surface area contributed by atoms with Crippen molar-refractivity contribution in [2.45, 2.75) is 38.2 Å². The van der Waals surface area contributed by atoms with Gasteiger partial charge in [0, 0.05) is 11.1 Å². The average Bonchev–Trinajstić information content (AvgIpc) is 2.67. The lowest BCUT2D eigenvalue weighted by atomic mass is 10.1. The van der Waals surface area contributed by atoms with Gasteiger partial charge in [-0.05, 0) is 19.8 Å². The molecule has 1 N–H and O–H groups in total. The van der Waals surface area contributed by atoms with Crippen molar-refractivity contribution in [1.82, 2.24) is 4.98 Å². The van der Waals surface area contributed by atoms with Crippen LogP contribution in [0.2, 0.25) is 0 Å². The molecule has 1 unspecified atom stereocenters. The minimum absolute atomic E-state index is 0.115. The summed E-state index contributed by atoms with van der Waals surface area (Å²) in [6.45, 7) is 1.03. The molecule has 0 saturated heterocycles. The number of aromatic nitrogens is 1. The standard InChI is InChI=1S/C12H13F4NO2/c1-6(13)5-19-9-4-17-11(12(14,15)16)10-7(9)2-3-8(10)18/h4,6,8,18H,2-3,5H2,1H3/t6?,8-/m1/s1. The minimum atomic E-state index is -4.62. The predicted molar refractivity (Wildman–Crippen MR) is 58.6 cm³/mol. The number of rotatable bonds is 3. The zero-order valence-electron chi connectivity index (χ0n) is 10.2. The van der Waals surface area contributed by atoms with Gasteiger partial charge in [0.2, 0.25) is 0 Å². The second-order valence-electron chi connectivity index (χ2n) is 4.51. The molecule has 19 heavy (non-hydrogen) atoms. The maximum Gasteiger partial charge on any atom is 0.433 e. The lowest BCUT2D eigenvalue weighted by Crippen LogP contribution is -2.15. The maximum atomic E-state index is 12.8. The summed E-state index contributed by atoms with van der Waals surface area (Å²) in [6.07, 6.45) is -5.66. The van der Waals surface area contributed by atoms with Crippen molar-refractivity contribution in [2.75, 3.05) is 6.61 Å². The average molecular weight is 279 g/mol. The van der Waals surface area contributed by atoms with Crippen LogP contribution in [0.15, 0.2) is 6.20 Å². The summed E-state index contributed by atoms with van der Waals surface area (Å²) in [5.74, 6) is 0.115. The summed E-state index contributed by atoms with van der Waals surface area (Å²) in [4.78, 5) is 3.32. The van der Waals surface area contributed by atoms with E-state index in [2.05, 4.69) is 4.98 Å². The number of pyridine rings is 1. The number of fused-ring (bicyclic) bond motifs is 1. The number of hydrogen-bond donors (Lipinski definition) is 1. The number of halogens is 4. The molecule has 0 radical (unpaired) electrons. The van der Waals surface area contributed by atoms with Crippen molar-refractivity contribution in [1.29, 1.82) is 0 Å². The highest BCUT2D eigenvalue weighted by atomic mass is 19.4. The lowest BCUT2D eigenvalue weighted by molar-refractivity contribution is -0.142. The van der Waals surface area contributed by atoms with E-state index in [0.717, 1.165) is 6.20 Å². The molecule has 106 valence electrons. The van der Waals surface area contributed by atoms with Crippen LogP contribution in [0.25, 0.3) is 0 Å². The smallest absolute Gasteiger partial charge is 0.433 e. The number of aliphatic hydroxyl groups excluding tert-OH is 1. The lowest BCUT2D eigenvalue weighted by Gasteiger charge is -2.16. The fraction of sp³-hybridized carbons (Fsp3) is 0.583. The molecule has 0 bridgehead atoms. The fourth-order valence-electron chi connectivity index (χ4n) is 2.14. The van der Waals surface area contributed by atoms with Crippen LogP contribution in [0.5, 0.6) is 5.75 Å². The second-order valence-corrected chi connectivity index (χ2v) is 4.51. The van der Waals surface area contributed by atoms with Crippen LogP contribution >= 0.6 is 0 Å². The van der Waals surface area contributed by atoms with E-state index < -0.39 is 24.1 Å². The molecule has 1 aromatic heterocycles. The van der Waals surface area contributed by atoms with Crippen LogP contribution in [0, 0.1) is 0 Å². The quantitative estimate of drug-likeness (QED) is 0.865. The topological polar surface area (TPSA) is 42.4 Å². The van der Waals surface area contributed by atoms with E-state index in [1.54, 1.807) is 0 Å². The summed E-state index contributed by atoms with van der Waals surface area (Å²) < 4.78 is 56.2. The summed E-state index contributed by atoms with van der Waals surface area (Å²) in [5, 5.41) is 9.66. The molecule has 0 spiro atoms. The Kier molecular flexibility index (Phi) is 3.66. The highest BCUT2D eigenvalue weighted by molar-refractivity contribution is 5.46. The van der Waals surface area contributed by atoms with Crippen LogP contribution in [0.3, 0.4) is 0 Å². The van der Waals surface area contributed by atoms with Crippen molar-refractivity contribution in [2.24, 2.45) is 0 Å². The van der Waals surface area contributed by atoms with Gasteiger partial charge in [-0.1, -0.05) is 0 Å². The maximum absolute atomic E-state index is 12.8. The van der Waals surface area contributed by atoms with Gasteiger partial charge in [-0.25, -0.2) is 9.37 Å². The van der Waals surface area contributed by atoms with Crippen LogP contribution < -0.4 is 4.74 Å². The summed E-state index contributed by atoms with van der Waals surface area (Å²) in [6, 6.07) is 0. The van der Waals surface area contributed by atoms with E-state index >= 15 is 0 Å². The highest BCUT2D eigenvalue weighted by Crippen LogP contribution is 2.43. The molecule has 2 rings (SSSR count). The Hall–Kier alpha value is -1.37. The number of aliphatic hydroxyl groups is 1. The Morgan fingerprint density at radius 1 is 1.53 bits per heavy atom. The van der Waals surface area contributed by atoms with Gasteiger partial charge in [-0.2, -0.15) is 13.2 Å². The molecule has 0 amide bonds. The Bertz CT molecular complexity index is 474. The van der Waals surface area contributed by atoms with Gasteiger partial charge in [-0.3, -0.25) is 0 Å². The fourth-order valence-corrected chi connectivity index (χ4v) is 2.14. The molecule has 3 nitrogen and oxygen atoms in total. The van der Waals surface area contributed by atoms with E-state index in [0.29, 0.717) is 0 Å². The second kappa shape index (κ2) is 4.96. The van der Waals surface area contributed by atoms with Crippen molar-refractivity contribution in [3.8, 4) is 5.75 Å². The molecule has 1 aliphatic rings. The molecular weight excluding hydrogens is 266 g/mol. The molecule has 0 aliphatic heterocycles. The monoisotopic (exact) mass is 279 g/mol. The molecule has 7 heteroatoms. The van der Waals surface area contributed by atoms with Crippen molar-refractivity contribution in [3.05, 3.63) is 23.0 Å². The molecule has 0 fully saturated rings.